The topological polar surface area (TPSA) is 68.5 Å². The Balaban J connectivity index is 1.52. The minimum absolute atomic E-state index is 0.460. The number of nitrogens with zero attached hydrogens (tertiary/aromatic N) is 5. The molecule has 0 aromatic carbocycles. The number of anilines is 1. The van der Waals surface area contributed by atoms with E-state index in [1.54, 1.807) is 0 Å². The van der Waals surface area contributed by atoms with Gasteiger partial charge in [-0.1, -0.05) is 19.8 Å². The van der Waals surface area contributed by atoms with Crippen molar-refractivity contribution < 1.29 is 0 Å². The zero-order chi connectivity index (χ0) is 18.2. The molecule has 1 fully saturated rings. The SMILES string of the molecule is CC1CCCCC1Nc1ncc2cncc(-c3cc4n(n3)CCCC4)c2n1. The number of nitrogens with one attached hydrogen (secondary N) is 1. The van der Waals surface area contributed by atoms with Gasteiger partial charge in [-0.05, 0) is 44.1 Å². The molecule has 0 spiro atoms. The van der Waals surface area contributed by atoms with Gasteiger partial charge in [0, 0.05) is 47.8 Å². The molecule has 27 heavy (non-hydrogen) atoms. The van der Waals surface area contributed by atoms with Crippen LogP contribution < -0.4 is 5.32 Å². The highest BCUT2D eigenvalue weighted by atomic mass is 15.3. The first-order valence-electron chi connectivity index (χ1n) is 10.2. The van der Waals surface area contributed by atoms with E-state index in [0.717, 1.165) is 41.1 Å². The van der Waals surface area contributed by atoms with Crippen LogP contribution in [0.2, 0.25) is 0 Å². The number of pyridine rings is 1. The Bertz CT molecular complexity index is 939. The fourth-order valence-electron chi connectivity index (χ4n) is 4.46. The molecule has 140 valence electrons. The number of fused-ring (bicyclic) bond motifs is 2. The first kappa shape index (κ1) is 16.7. The number of aryl methyl sites for hydroxylation is 2. The van der Waals surface area contributed by atoms with E-state index in [0.29, 0.717) is 12.0 Å². The summed E-state index contributed by atoms with van der Waals surface area (Å²) in [5.74, 6) is 1.38. The van der Waals surface area contributed by atoms with E-state index in [9.17, 15) is 0 Å². The number of hydrogen-bond acceptors (Lipinski definition) is 5. The molecule has 2 aliphatic rings. The second-order valence-corrected chi connectivity index (χ2v) is 8.03. The molecule has 1 N–H and O–H groups in total. The van der Waals surface area contributed by atoms with Crippen LogP contribution in [0.3, 0.4) is 0 Å². The summed E-state index contributed by atoms with van der Waals surface area (Å²) < 4.78 is 2.14. The van der Waals surface area contributed by atoms with Crippen molar-refractivity contribution in [2.45, 2.75) is 64.5 Å². The van der Waals surface area contributed by atoms with Crippen LogP contribution >= 0.6 is 0 Å². The predicted molar refractivity (Wildman–Crippen MR) is 107 cm³/mol. The Labute approximate surface area is 159 Å². The molecular weight excluding hydrogens is 336 g/mol. The van der Waals surface area contributed by atoms with E-state index in [1.165, 1.54) is 44.2 Å². The van der Waals surface area contributed by atoms with E-state index in [1.807, 2.05) is 18.6 Å². The molecule has 1 saturated carbocycles. The lowest BCUT2D eigenvalue weighted by Gasteiger charge is -2.29. The third kappa shape index (κ3) is 3.17. The van der Waals surface area contributed by atoms with Gasteiger partial charge in [0.2, 0.25) is 5.95 Å². The Morgan fingerprint density at radius 3 is 2.89 bits per heavy atom. The normalized spacial score (nSPS) is 22.6. The standard InChI is InChI=1S/C21H26N6/c1-14-6-2-3-8-18(14)24-21-23-12-15-11-22-13-17(20(15)25-21)19-10-16-7-4-5-9-27(16)26-19/h10-14,18H,2-9H2,1H3,(H,23,24,25). The summed E-state index contributed by atoms with van der Waals surface area (Å²) in [4.78, 5) is 13.8. The third-order valence-electron chi connectivity index (χ3n) is 6.11. The fraction of sp³-hybridized carbons (Fsp3) is 0.524. The summed E-state index contributed by atoms with van der Waals surface area (Å²) in [6, 6.07) is 2.66. The molecule has 3 aromatic rings. The molecule has 0 saturated heterocycles. The van der Waals surface area contributed by atoms with Crippen LogP contribution in [0.5, 0.6) is 0 Å². The zero-order valence-electron chi connectivity index (χ0n) is 15.9. The molecule has 0 radical (unpaired) electrons. The lowest BCUT2D eigenvalue weighted by molar-refractivity contribution is 0.348. The monoisotopic (exact) mass is 362 g/mol. The highest BCUT2D eigenvalue weighted by Gasteiger charge is 2.22. The molecule has 6 heteroatoms. The predicted octanol–water partition coefficient (Wildman–Crippen LogP) is 4.22. The molecular formula is C21H26N6. The van der Waals surface area contributed by atoms with Crippen LogP contribution in [0.1, 0.15) is 51.1 Å². The van der Waals surface area contributed by atoms with E-state index in [-0.39, 0.29) is 0 Å². The Hall–Kier alpha value is -2.50. The summed E-state index contributed by atoms with van der Waals surface area (Å²) in [5.41, 5.74) is 4.22. The minimum atomic E-state index is 0.460. The average Bonchev–Trinajstić information content (AvgIpc) is 3.13. The maximum absolute atomic E-state index is 4.87. The van der Waals surface area contributed by atoms with E-state index in [4.69, 9.17) is 10.1 Å². The number of hydrogen-bond donors (Lipinski definition) is 1. The van der Waals surface area contributed by atoms with Crippen molar-refractivity contribution in [3.63, 3.8) is 0 Å². The van der Waals surface area contributed by atoms with E-state index < -0.39 is 0 Å². The molecule has 0 bridgehead atoms. The second-order valence-electron chi connectivity index (χ2n) is 8.03. The van der Waals surface area contributed by atoms with Crippen LogP contribution in [0, 0.1) is 5.92 Å². The summed E-state index contributed by atoms with van der Waals surface area (Å²) in [6.45, 7) is 3.33. The van der Waals surface area contributed by atoms with Gasteiger partial charge < -0.3 is 5.32 Å². The maximum atomic E-state index is 4.87. The highest BCUT2D eigenvalue weighted by molar-refractivity contribution is 5.91. The van der Waals surface area contributed by atoms with Crippen molar-refractivity contribution in [2.75, 3.05) is 5.32 Å². The van der Waals surface area contributed by atoms with Crippen LogP contribution in [0.4, 0.5) is 5.95 Å². The van der Waals surface area contributed by atoms with Crippen molar-refractivity contribution in [1.82, 2.24) is 24.7 Å². The highest BCUT2D eigenvalue weighted by Crippen LogP contribution is 2.29. The Morgan fingerprint density at radius 1 is 1.07 bits per heavy atom. The summed E-state index contributed by atoms with van der Waals surface area (Å²) in [6.07, 6.45) is 14.2. The van der Waals surface area contributed by atoms with Gasteiger partial charge in [-0.25, -0.2) is 9.97 Å². The first-order valence-corrected chi connectivity index (χ1v) is 10.2. The smallest absolute Gasteiger partial charge is 0.223 e. The van der Waals surface area contributed by atoms with Gasteiger partial charge in [-0.3, -0.25) is 9.67 Å². The molecule has 2 atom stereocenters. The van der Waals surface area contributed by atoms with Crippen LogP contribution in [-0.2, 0) is 13.0 Å². The van der Waals surface area contributed by atoms with Crippen LogP contribution in [0.15, 0.2) is 24.7 Å². The van der Waals surface area contributed by atoms with Crippen molar-refractivity contribution in [1.29, 1.82) is 0 Å². The van der Waals surface area contributed by atoms with Gasteiger partial charge in [-0.15, -0.1) is 0 Å². The zero-order valence-corrected chi connectivity index (χ0v) is 15.9. The lowest BCUT2D eigenvalue weighted by Crippen LogP contribution is -2.31. The van der Waals surface area contributed by atoms with Gasteiger partial charge in [0.25, 0.3) is 0 Å². The van der Waals surface area contributed by atoms with Gasteiger partial charge in [0.05, 0.1) is 11.2 Å². The molecule has 2 unspecified atom stereocenters. The van der Waals surface area contributed by atoms with Gasteiger partial charge in [-0.2, -0.15) is 5.10 Å². The lowest BCUT2D eigenvalue weighted by atomic mass is 9.86. The average molecular weight is 362 g/mol. The molecule has 4 heterocycles. The first-order chi connectivity index (χ1) is 13.3. The fourth-order valence-corrected chi connectivity index (χ4v) is 4.46. The Kier molecular flexibility index (Phi) is 4.26. The van der Waals surface area contributed by atoms with Crippen LogP contribution in [0.25, 0.3) is 22.2 Å². The van der Waals surface area contributed by atoms with Crippen molar-refractivity contribution >= 4 is 16.9 Å². The quantitative estimate of drug-likeness (QED) is 0.756. The summed E-state index contributed by atoms with van der Waals surface area (Å²) in [7, 11) is 0. The minimum Gasteiger partial charge on any atom is -0.351 e. The summed E-state index contributed by atoms with van der Waals surface area (Å²) in [5, 5.41) is 9.37. The van der Waals surface area contributed by atoms with E-state index in [2.05, 4.69) is 33.0 Å². The van der Waals surface area contributed by atoms with Gasteiger partial charge in [0.15, 0.2) is 0 Å². The van der Waals surface area contributed by atoms with Crippen LogP contribution in [-0.4, -0.2) is 30.8 Å². The van der Waals surface area contributed by atoms with E-state index >= 15 is 0 Å². The molecule has 0 amide bonds. The second kappa shape index (κ2) is 6.91. The molecule has 3 aromatic heterocycles. The van der Waals surface area contributed by atoms with Gasteiger partial charge in [0.1, 0.15) is 0 Å². The largest absolute Gasteiger partial charge is 0.351 e. The van der Waals surface area contributed by atoms with Crippen molar-refractivity contribution in [3.8, 4) is 11.3 Å². The van der Waals surface area contributed by atoms with Crippen molar-refractivity contribution in [3.05, 3.63) is 30.4 Å². The molecule has 1 aliphatic carbocycles. The van der Waals surface area contributed by atoms with Gasteiger partial charge >= 0.3 is 0 Å². The Morgan fingerprint density at radius 2 is 2.00 bits per heavy atom. The summed E-state index contributed by atoms with van der Waals surface area (Å²) >= 11 is 0. The molecule has 1 aliphatic heterocycles. The number of rotatable bonds is 3. The number of aromatic nitrogens is 5. The third-order valence-corrected chi connectivity index (χ3v) is 6.11. The molecule has 5 rings (SSSR count). The maximum Gasteiger partial charge on any atom is 0.223 e. The van der Waals surface area contributed by atoms with Crippen molar-refractivity contribution in [2.24, 2.45) is 5.92 Å². The molecule has 6 nitrogen and oxygen atoms in total.